The minimum Gasteiger partial charge on any atom is -0.399 e. The van der Waals surface area contributed by atoms with E-state index in [1.807, 2.05) is 26.0 Å². The second kappa shape index (κ2) is 4.49. The van der Waals surface area contributed by atoms with Gasteiger partial charge < -0.3 is 5.73 Å². The molecular weight excluding hydrogens is 228 g/mol. The number of hydrogen-bond acceptors (Lipinski definition) is 3. The number of nitro benzene ring substituents is 1. The molecule has 0 saturated heterocycles. The number of anilines is 1. The summed E-state index contributed by atoms with van der Waals surface area (Å²) in [6.45, 7) is 3.79. The van der Waals surface area contributed by atoms with Crippen molar-refractivity contribution in [3.05, 3.63) is 57.6 Å². The van der Waals surface area contributed by atoms with Gasteiger partial charge in [0.1, 0.15) is 0 Å². The molecule has 0 aromatic heterocycles. The lowest BCUT2D eigenvalue weighted by Crippen LogP contribution is -1.96. The van der Waals surface area contributed by atoms with Crippen LogP contribution in [0.3, 0.4) is 0 Å². The van der Waals surface area contributed by atoms with Crippen LogP contribution in [-0.4, -0.2) is 4.92 Å². The molecule has 0 bridgehead atoms. The number of nitrogen functional groups attached to an aromatic ring is 1. The maximum Gasteiger partial charge on any atom is 0.277 e. The third-order valence-electron chi connectivity index (χ3n) is 2.98. The molecule has 2 rings (SSSR count). The first-order valence-electron chi connectivity index (χ1n) is 5.61. The molecule has 2 aromatic carbocycles. The molecule has 0 unspecified atom stereocenters. The second-order valence-corrected chi connectivity index (χ2v) is 4.30. The predicted molar refractivity (Wildman–Crippen MR) is 72.4 cm³/mol. The molecule has 4 heteroatoms. The maximum atomic E-state index is 11.1. The third kappa shape index (κ3) is 2.05. The van der Waals surface area contributed by atoms with Gasteiger partial charge in [-0.05, 0) is 42.7 Å². The molecule has 0 aliphatic carbocycles. The van der Waals surface area contributed by atoms with Gasteiger partial charge in [0.2, 0.25) is 0 Å². The summed E-state index contributed by atoms with van der Waals surface area (Å²) in [6.07, 6.45) is 0. The smallest absolute Gasteiger partial charge is 0.277 e. The number of rotatable bonds is 2. The Morgan fingerprint density at radius 2 is 1.83 bits per heavy atom. The first kappa shape index (κ1) is 12.1. The fraction of sp³-hybridized carbons (Fsp3) is 0.143. The van der Waals surface area contributed by atoms with Crippen molar-refractivity contribution in [3.8, 4) is 11.1 Å². The maximum absolute atomic E-state index is 11.1. The molecule has 0 radical (unpaired) electrons. The third-order valence-corrected chi connectivity index (χ3v) is 2.98. The number of nitro groups is 1. The second-order valence-electron chi connectivity index (χ2n) is 4.30. The molecule has 0 atom stereocenters. The summed E-state index contributed by atoms with van der Waals surface area (Å²) in [7, 11) is 0. The zero-order valence-corrected chi connectivity index (χ0v) is 10.3. The van der Waals surface area contributed by atoms with Crippen LogP contribution in [0.4, 0.5) is 11.4 Å². The molecule has 92 valence electrons. The topological polar surface area (TPSA) is 69.2 Å². The summed E-state index contributed by atoms with van der Waals surface area (Å²) in [5, 5.41) is 11.1. The van der Waals surface area contributed by atoms with Crippen molar-refractivity contribution in [2.24, 2.45) is 0 Å². The molecule has 4 nitrogen and oxygen atoms in total. The van der Waals surface area contributed by atoms with Gasteiger partial charge in [-0.15, -0.1) is 0 Å². The molecule has 0 spiro atoms. The molecule has 0 heterocycles. The van der Waals surface area contributed by atoms with E-state index in [1.54, 1.807) is 18.2 Å². The standard InChI is InChI=1S/C14H14N2O2/c1-9-6-7-11(15)8-12(9)14-10(2)4-3-5-13(14)16(17)18/h3-8H,15H2,1-2H3. The number of hydrogen-bond donors (Lipinski definition) is 1. The lowest BCUT2D eigenvalue weighted by Gasteiger charge is -2.10. The summed E-state index contributed by atoms with van der Waals surface area (Å²) in [6, 6.07) is 10.5. The monoisotopic (exact) mass is 242 g/mol. The fourth-order valence-corrected chi connectivity index (χ4v) is 2.06. The number of nitrogens with zero attached hydrogens (tertiary/aromatic N) is 1. The molecule has 18 heavy (non-hydrogen) atoms. The number of nitrogens with two attached hydrogens (primary N) is 1. The van der Waals surface area contributed by atoms with Crippen LogP contribution < -0.4 is 5.73 Å². The highest BCUT2D eigenvalue weighted by atomic mass is 16.6. The van der Waals surface area contributed by atoms with Gasteiger partial charge in [0.15, 0.2) is 0 Å². The van der Waals surface area contributed by atoms with Crippen molar-refractivity contribution in [3.63, 3.8) is 0 Å². The summed E-state index contributed by atoms with van der Waals surface area (Å²) in [5.74, 6) is 0. The molecule has 2 N–H and O–H groups in total. The molecule has 0 aliphatic rings. The molecule has 0 fully saturated rings. The van der Waals surface area contributed by atoms with Gasteiger partial charge in [0, 0.05) is 11.8 Å². The van der Waals surface area contributed by atoms with Crippen LogP contribution in [0, 0.1) is 24.0 Å². The van der Waals surface area contributed by atoms with Gasteiger partial charge >= 0.3 is 0 Å². The van der Waals surface area contributed by atoms with Crippen molar-refractivity contribution < 1.29 is 4.92 Å². The first-order valence-corrected chi connectivity index (χ1v) is 5.61. The molecular formula is C14H14N2O2. The highest BCUT2D eigenvalue weighted by Gasteiger charge is 2.18. The minimum absolute atomic E-state index is 0.115. The quantitative estimate of drug-likeness (QED) is 0.498. The van der Waals surface area contributed by atoms with Crippen LogP contribution in [0.1, 0.15) is 11.1 Å². The van der Waals surface area contributed by atoms with Gasteiger partial charge in [-0.25, -0.2) is 0 Å². The lowest BCUT2D eigenvalue weighted by molar-refractivity contribution is -0.384. The minimum atomic E-state index is -0.356. The SMILES string of the molecule is Cc1ccc(N)cc1-c1c(C)cccc1[N+](=O)[O-]. The highest BCUT2D eigenvalue weighted by molar-refractivity contribution is 5.80. The first-order chi connectivity index (χ1) is 8.50. The van der Waals surface area contributed by atoms with Gasteiger partial charge in [0.25, 0.3) is 5.69 Å². The normalized spacial score (nSPS) is 10.3. The largest absolute Gasteiger partial charge is 0.399 e. The molecule has 2 aromatic rings. The van der Waals surface area contributed by atoms with E-state index in [0.29, 0.717) is 11.3 Å². The van der Waals surface area contributed by atoms with Gasteiger partial charge in [-0.2, -0.15) is 0 Å². The van der Waals surface area contributed by atoms with Crippen LogP contribution in [0.25, 0.3) is 11.1 Å². The summed E-state index contributed by atoms with van der Waals surface area (Å²) in [4.78, 5) is 10.8. The van der Waals surface area contributed by atoms with E-state index in [1.165, 1.54) is 6.07 Å². The van der Waals surface area contributed by atoms with E-state index in [4.69, 9.17) is 5.73 Å². The summed E-state index contributed by atoms with van der Waals surface area (Å²) >= 11 is 0. The van der Waals surface area contributed by atoms with Crippen LogP contribution in [0.2, 0.25) is 0 Å². The Morgan fingerprint density at radius 3 is 2.50 bits per heavy atom. The predicted octanol–water partition coefficient (Wildman–Crippen LogP) is 3.46. The Balaban J connectivity index is 2.77. The zero-order chi connectivity index (χ0) is 13.3. The number of benzene rings is 2. The van der Waals surface area contributed by atoms with Crippen LogP contribution >= 0.6 is 0 Å². The summed E-state index contributed by atoms with van der Waals surface area (Å²) in [5.41, 5.74) is 9.80. The zero-order valence-electron chi connectivity index (χ0n) is 10.3. The highest BCUT2D eigenvalue weighted by Crippen LogP contribution is 2.35. The van der Waals surface area contributed by atoms with Gasteiger partial charge in [0.05, 0.1) is 10.5 Å². The van der Waals surface area contributed by atoms with Crippen LogP contribution in [0.15, 0.2) is 36.4 Å². The molecule has 0 saturated carbocycles. The Kier molecular flexibility index (Phi) is 3.02. The van der Waals surface area contributed by atoms with Crippen LogP contribution in [-0.2, 0) is 0 Å². The average molecular weight is 242 g/mol. The van der Waals surface area contributed by atoms with E-state index < -0.39 is 0 Å². The molecule has 0 amide bonds. The van der Waals surface area contributed by atoms with Crippen molar-refractivity contribution in [1.82, 2.24) is 0 Å². The molecule has 0 aliphatic heterocycles. The van der Waals surface area contributed by atoms with Crippen molar-refractivity contribution in [2.75, 3.05) is 5.73 Å². The van der Waals surface area contributed by atoms with Crippen LogP contribution in [0.5, 0.6) is 0 Å². The fourth-order valence-electron chi connectivity index (χ4n) is 2.06. The Labute approximate surface area is 105 Å². The van der Waals surface area contributed by atoms with E-state index in [0.717, 1.165) is 16.7 Å². The lowest BCUT2D eigenvalue weighted by atomic mass is 9.94. The van der Waals surface area contributed by atoms with Crippen molar-refractivity contribution in [2.45, 2.75) is 13.8 Å². The Hall–Kier alpha value is -2.36. The summed E-state index contributed by atoms with van der Waals surface area (Å²) < 4.78 is 0. The van der Waals surface area contributed by atoms with E-state index >= 15 is 0 Å². The van der Waals surface area contributed by atoms with Crippen molar-refractivity contribution >= 4 is 11.4 Å². The Morgan fingerprint density at radius 1 is 1.11 bits per heavy atom. The van der Waals surface area contributed by atoms with E-state index in [2.05, 4.69) is 0 Å². The number of aryl methyl sites for hydroxylation is 2. The van der Waals surface area contributed by atoms with Crippen molar-refractivity contribution in [1.29, 1.82) is 0 Å². The van der Waals surface area contributed by atoms with Gasteiger partial charge in [-0.3, -0.25) is 10.1 Å². The van der Waals surface area contributed by atoms with E-state index in [9.17, 15) is 10.1 Å². The Bertz CT molecular complexity index is 621. The van der Waals surface area contributed by atoms with Gasteiger partial charge in [-0.1, -0.05) is 18.2 Å². The average Bonchev–Trinajstić information content (AvgIpc) is 2.32. The van der Waals surface area contributed by atoms with E-state index in [-0.39, 0.29) is 10.6 Å².